The molecule has 3 N–H and O–H groups in total. The van der Waals surface area contributed by atoms with E-state index in [1.165, 1.54) is 14.0 Å². The number of ether oxygens (including phenoxy) is 1. The number of carbonyl (C=O) groups excluding carboxylic acids is 3. The fraction of sp³-hybridized carbons (Fsp3) is 0.200. The summed E-state index contributed by atoms with van der Waals surface area (Å²) in [6.07, 6.45) is 0. The van der Waals surface area contributed by atoms with Gasteiger partial charge in [0, 0.05) is 0 Å². The van der Waals surface area contributed by atoms with Crippen LogP contribution in [-0.4, -0.2) is 30.1 Å². The molecule has 148 valence electrons. The standard InChI is InChI=1S/C20H19N5O4/c1-12-7-8-16(13(9-12)11-21)22-18(27)24-25-17(26)20(2,23-19(25)28)14-5-4-6-15(10-14)29-3/h4-10H,1-3H3,(H,23,28)(H2,22,24,27). The van der Waals surface area contributed by atoms with Crippen molar-refractivity contribution >= 4 is 23.7 Å². The van der Waals surface area contributed by atoms with Crippen LogP contribution < -0.4 is 20.8 Å². The van der Waals surface area contributed by atoms with Crippen LogP contribution >= 0.6 is 0 Å². The summed E-state index contributed by atoms with van der Waals surface area (Å²) in [5.74, 6) is -0.131. The van der Waals surface area contributed by atoms with Crippen molar-refractivity contribution in [3.8, 4) is 11.8 Å². The first-order valence-electron chi connectivity index (χ1n) is 8.68. The summed E-state index contributed by atoms with van der Waals surface area (Å²) >= 11 is 0. The third kappa shape index (κ3) is 3.68. The van der Waals surface area contributed by atoms with Crippen molar-refractivity contribution in [3.63, 3.8) is 0 Å². The number of imide groups is 1. The molecule has 1 saturated heterocycles. The molecule has 0 bridgehead atoms. The number of benzene rings is 2. The number of amides is 5. The molecular weight excluding hydrogens is 374 g/mol. The van der Waals surface area contributed by atoms with Crippen LogP contribution in [0, 0.1) is 18.3 Å². The van der Waals surface area contributed by atoms with E-state index in [0.717, 1.165) is 5.56 Å². The topological polar surface area (TPSA) is 124 Å². The molecule has 1 unspecified atom stereocenters. The van der Waals surface area contributed by atoms with Crippen LogP contribution in [0.2, 0.25) is 0 Å². The van der Waals surface area contributed by atoms with Gasteiger partial charge in [0.05, 0.1) is 18.4 Å². The Balaban J connectivity index is 1.78. The molecule has 9 nitrogen and oxygen atoms in total. The SMILES string of the molecule is COc1cccc(C2(C)NC(=O)N(NC(=O)Nc3ccc(C)cc3C#N)C2=O)c1. The Bertz CT molecular complexity index is 1050. The maximum Gasteiger partial charge on any atom is 0.344 e. The first-order chi connectivity index (χ1) is 13.8. The second kappa shape index (κ2) is 7.52. The smallest absolute Gasteiger partial charge is 0.344 e. The molecule has 1 fully saturated rings. The van der Waals surface area contributed by atoms with Gasteiger partial charge in [-0.15, -0.1) is 0 Å². The number of hydrogen-bond acceptors (Lipinski definition) is 5. The predicted molar refractivity (Wildman–Crippen MR) is 104 cm³/mol. The summed E-state index contributed by atoms with van der Waals surface area (Å²) in [5.41, 5.74) is 2.74. The third-order valence-corrected chi connectivity index (χ3v) is 4.60. The Morgan fingerprint density at radius 1 is 1.24 bits per heavy atom. The first-order valence-corrected chi connectivity index (χ1v) is 8.68. The van der Waals surface area contributed by atoms with Gasteiger partial charge in [0.1, 0.15) is 17.4 Å². The Morgan fingerprint density at radius 3 is 2.69 bits per heavy atom. The minimum absolute atomic E-state index is 0.262. The molecular formula is C20H19N5O4. The predicted octanol–water partition coefficient (Wildman–Crippen LogP) is 2.38. The minimum atomic E-state index is -1.37. The van der Waals surface area contributed by atoms with Crippen LogP contribution in [-0.2, 0) is 10.3 Å². The zero-order valence-electron chi connectivity index (χ0n) is 16.1. The van der Waals surface area contributed by atoms with E-state index in [2.05, 4.69) is 16.1 Å². The Hall–Kier alpha value is -4.06. The lowest BCUT2D eigenvalue weighted by Gasteiger charge is -2.22. The molecule has 3 rings (SSSR count). The van der Waals surface area contributed by atoms with Crippen LogP contribution in [0.25, 0.3) is 0 Å². The lowest BCUT2D eigenvalue weighted by Crippen LogP contribution is -2.49. The molecule has 0 spiro atoms. The van der Waals surface area contributed by atoms with Crippen LogP contribution in [0.5, 0.6) is 5.75 Å². The highest BCUT2D eigenvalue weighted by atomic mass is 16.5. The highest BCUT2D eigenvalue weighted by Crippen LogP contribution is 2.30. The average molecular weight is 393 g/mol. The Labute approximate surface area is 167 Å². The van der Waals surface area contributed by atoms with E-state index in [4.69, 9.17) is 4.74 Å². The fourth-order valence-corrected chi connectivity index (χ4v) is 2.98. The molecule has 1 atom stereocenters. The van der Waals surface area contributed by atoms with Crippen molar-refractivity contribution in [3.05, 3.63) is 59.2 Å². The minimum Gasteiger partial charge on any atom is -0.497 e. The number of methoxy groups -OCH3 is 1. The quantitative estimate of drug-likeness (QED) is 0.688. The zero-order chi connectivity index (χ0) is 21.2. The largest absolute Gasteiger partial charge is 0.497 e. The molecule has 0 aliphatic carbocycles. The molecule has 29 heavy (non-hydrogen) atoms. The number of anilines is 1. The van der Waals surface area contributed by atoms with E-state index in [0.29, 0.717) is 16.3 Å². The highest BCUT2D eigenvalue weighted by molar-refractivity contribution is 6.08. The van der Waals surface area contributed by atoms with Gasteiger partial charge >= 0.3 is 12.1 Å². The molecule has 0 radical (unpaired) electrons. The van der Waals surface area contributed by atoms with Gasteiger partial charge in [0.15, 0.2) is 0 Å². The summed E-state index contributed by atoms with van der Waals surface area (Å²) in [6.45, 7) is 3.35. The van der Waals surface area contributed by atoms with Crippen molar-refractivity contribution in [2.24, 2.45) is 0 Å². The number of rotatable bonds is 4. The summed E-state index contributed by atoms with van der Waals surface area (Å²) in [4.78, 5) is 37.6. The highest BCUT2D eigenvalue weighted by Gasteiger charge is 2.50. The number of aryl methyl sites for hydroxylation is 1. The van der Waals surface area contributed by atoms with Gasteiger partial charge in [-0.3, -0.25) is 4.79 Å². The average Bonchev–Trinajstić information content (AvgIpc) is 2.93. The number of nitrogens with zero attached hydrogens (tertiary/aromatic N) is 2. The molecule has 9 heteroatoms. The Kier molecular flexibility index (Phi) is 5.10. The summed E-state index contributed by atoms with van der Waals surface area (Å²) in [7, 11) is 1.50. The van der Waals surface area contributed by atoms with Gasteiger partial charge in [-0.25, -0.2) is 15.0 Å². The van der Waals surface area contributed by atoms with Crippen LogP contribution in [0.4, 0.5) is 15.3 Å². The molecule has 2 aromatic carbocycles. The molecule has 5 amide bonds. The molecule has 1 aliphatic heterocycles. The van der Waals surface area contributed by atoms with Crippen LogP contribution in [0.1, 0.15) is 23.6 Å². The van der Waals surface area contributed by atoms with Gasteiger partial charge in [-0.2, -0.15) is 10.3 Å². The van der Waals surface area contributed by atoms with Gasteiger partial charge in [-0.05, 0) is 49.2 Å². The molecule has 0 aromatic heterocycles. The summed E-state index contributed by atoms with van der Waals surface area (Å²) in [5, 5.41) is 14.9. The maximum atomic E-state index is 12.9. The number of hydrogen-bond donors (Lipinski definition) is 3. The van der Waals surface area contributed by atoms with Gasteiger partial charge in [0.25, 0.3) is 5.91 Å². The van der Waals surface area contributed by atoms with E-state index in [-0.39, 0.29) is 11.3 Å². The second-order valence-electron chi connectivity index (χ2n) is 6.65. The van der Waals surface area contributed by atoms with E-state index in [9.17, 15) is 19.6 Å². The molecule has 0 saturated carbocycles. The van der Waals surface area contributed by atoms with Crippen molar-refractivity contribution in [2.75, 3.05) is 12.4 Å². The van der Waals surface area contributed by atoms with Crippen molar-refractivity contribution in [1.82, 2.24) is 15.8 Å². The van der Waals surface area contributed by atoms with Crippen LogP contribution in [0.15, 0.2) is 42.5 Å². The lowest BCUT2D eigenvalue weighted by molar-refractivity contribution is -0.132. The molecule has 2 aromatic rings. The number of hydrazine groups is 1. The van der Waals surface area contributed by atoms with E-state index in [1.807, 2.05) is 13.0 Å². The van der Waals surface area contributed by atoms with Crippen molar-refractivity contribution in [1.29, 1.82) is 5.26 Å². The zero-order valence-corrected chi connectivity index (χ0v) is 16.1. The number of nitrogens with one attached hydrogen (secondary N) is 3. The monoisotopic (exact) mass is 393 g/mol. The summed E-state index contributed by atoms with van der Waals surface area (Å²) < 4.78 is 5.17. The van der Waals surface area contributed by atoms with E-state index >= 15 is 0 Å². The van der Waals surface area contributed by atoms with Gasteiger partial charge in [0.2, 0.25) is 0 Å². The number of urea groups is 2. The summed E-state index contributed by atoms with van der Waals surface area (Å²) in [6, 6.07) is 12.0. The maximum absolute atomic E-state index is 12.9. The lowest BCUT2D eigenvalue weighted by atomic mass is 9.92. The van der Waals surface area contributed by atoms with Crippen molar-refractivity contribution < 1.29 is 19.1 Å². The van der Waals surface area contributed by atoms with Crippen molar-refractivity contribution in [2.45, 2.75) is 19.4 Å². The van der Waals surface area contributed by atoms with E-state index < -0.39 is 23.5 Å². The van der Waals surface area contributed by atoms with Gasteiger partial charge in [-0.1, -0.05) is 18.2 Å². The Morgan fingerprint density at radius 2 is 2.00 bits per heavy atom. The normalized spacial score (nSPS) is 18.1. The number of carbonyl (C=O) groups is 3. The fourth-order valence-electron chi connectivity index (χ4n) is 2.98. The number of nitriles is 1. The van der Waals surface area contributed by atoms with Gasteiger partial charge < -0.3 is 15.4 Å². The van der Waals surface area contributed by atoms with Crippen LogP contribution in [0.3, 0.4) is 0 Å². The second-order valence-corrected chi connectivity index (χ2v) is 6.65. The third-order valence-electron chi connectivity index (χ3n) is 4.60. The molecule has 1 aliphatic rings. The van der Waals surface area contributed by atoms with E-state index in [1.54, 1.807) is 42.5 Å². The first kappa shape index (κ1) is 19.7. The molecule has 1 heterocycles.